The third kappa shape index (κ3) is 5.37. The number of carbonyl (C=O) groups is 2. The van der Waals surface area contributed by atoms with Crippen LogP contribution in [0.25, 0.3) is 6.08 Å². The first-order valence-corrected chi connectivity index (χ1v) is 9.10. The highest BCUT2D eigenvalue weighted by molar-refractivity contribution is 5.95. The van der Waals surface area contributed by atoms with Crippen molar-refractivity contribution in [2.45, 2.75) is 6.36 Å². The molecule has 2 amide bonds. The van der Waals surface area contributed by atoms with Gasteiger partial charge in [0, 0.05) is 37.8 Å². The van der Waals surface area contributed by atoms with E-state index in [9.17, 15) is 27.2 Å². The van der Waals surface area contributed by atoms with E-state index in [-0.39, 0.29) is 37.3 Å². The zero-order valence-corrected chi connectivity index (χ0v) is 15.7. The number of benzene rings is 2. The molecule has 1 heterocycles. The lowest BCUT2D eigenvalue weighted by Gasteiger charge is -2.34. The first kappa shape index (κ1) is 21.4. The second kappa shape index (κ2) is 8.98. The van der Waals surface area contributed by atoms with Gasteiger partial charge in [-0.1, -0.05) is 30.3 Å². The summed E-state index contributed by atoms with van der Waals surface area (Å²) in [5.41, 5.74) is 0.0787. The van der Waals surface area contributed by atoms with Crippen molar-refractivity contribution in [3.05, 3.63) is 71.6 Å². The lowest BCUT2D eigenvalue weighted by molar-refractivity contribution is -0.274. The van der Waals surface area contributed by atoms with Crippen molar-refractivity contribution < 1.29 is 31.9 Å². The quantitative estimate of drug-likeness (QED) is 0.558. The van der Waals surface area contributed by atoms with E-state index in [1.165, 1.54) is 52.3 Å². The first-order chi connectivity index (χ1) is 14.2. The summed E-state index contributed by atoms with van der Waals surface area (Å²) in [4.78, 5) is 27.7. The van der Waals surface area contributed by atoms with Gasteiger partial charge in [0.05, 0.1) is 5.56 Å². The van der Waals surface area contributed by atoms with Crippen LogP contribution in [0, 0.1) is 5.82 Å². The number of piperazine rings is 1. The minimum Gasteiger partial charge on any atom is -0.405 e. The van der Waals surface area contributed by atoms with Crippen molar-refractivity contribution in [3.63, 3.8) is 0 Å². The van der Waals surface area contributed by atoms with E-state index in [4.69, 9.17) is 0 Å². The molecular formula is C21H18F4N2O3. The Bertz CT molecular complexity index is 951. The van der Waals surface area contributed by atoms with Gasteiger partial charge in [0.25, 0.3) is 5.91 Å². The number of carbonyl (C=O) groups excluding carboxylic acids is 2. The maximum absolute atomic E-state index is 13.8. The molecule has 2 aromatic rings. The van der Waals surface area contributed by atoms with Crippen molar-refractivity contribution in [1.29, 1.82) is 0 Å². The third-order valence-corrected chi connectivity index (χ3v) is 4.53. The molecule has 158 valence electrons. The van der Waals surface area contributed by atoms with Crippen LogP contribution in [0.15, 0.2) is 54.6 Å². The molecular weight excluding hydrogens is 404 g/mol. The number of rotatable bonds is 4. The molecule has 5 nitrogen and oxygen atoms in total. The number of para-hydroxylation sites is 1. The first-order valence-electron chi connectivity index (χ1n) is 9.10. The number of nitrogens with zero attached hydrogens (tertiary/aromatic N) is 2. The van der Waals surface area contributed by atoms with Crippen LogP contribution in [0.3, 0.4) is 0 Å². The van der Waals surface area contributed by atoms with Crippen molar-refractivity contribution in [1.82, 2.24) is 9.80 Å². The van der Waals surface area contributed by atoms with E-state index in [2.05, 4.69) is 4.74 Å². The number of hydrogen-bond donors (Lipinski definition) is 0. The van der Waals surface area contributed by atoms with Gasteiger partial charge in [-0.2, -0.15) is 0 Å². The van der Waals surface area contributed by atoms with Gasteiger partial charge < -0.3 is 14.5 Å². The largest absolute Gasteiger partial charge is 0.573 e. The van der Waals surface area contributed by atoms with E-state index in [0.29, 0.717) is 0 Å². The van der Waals surface area contributed by atoms with Crippen molar-refractivity contribution >= 4 is 17.9 Å². The van der Waals surface area contributed by atoms with E-state index in [0.717, 1.165) is 12.1 Å². The van der Waals surface area contributed by atoms with Gasteiger partial charge in [0.1, 0.15) is 11.6 Å². The maximum Gasteiger partial charge on any atom is 0.573 e. The Morgan fingerprint density at radius 1 is 0.900 bits per heavy atom. The van der Waals surface area contributed by atoms with Gasteiger partial charge in [0.15, 0.2) is 0 Å². The molecule has 0 aromatic heterocycles. The van der Waals surface area contributed by atoms with Crippen molar-refractivity contribution in [2.24, 2.45) is 0 Å². The summed E-state index contributed by atoms with van der Waals surface area (Å²) >= 11 is 0. The fraction of sp³-hybridized carbons (Fsp3) is 0.238. The number of ether oxygens (including phenoxy) is 1. The molecule has 0 unspecified atom stereocenters. The Morgan fingerprint density at radius 3 is 2.17 bits per heavy atom. The molecule has 0 atom stereocenters. The smallest absolute Gasteiger partial charge is 0.405 e. The van der Waals surface area contributed by atoms with Gasteiger partial charge >= 0.3 is 6.36 Å². The normalized spacial score (nSPS) is 14.8. The van der Waals surface area contributed by atoms with Crippen LogP contribution in [0.4, 0.5) is 17.6 Å². The van der Waals surface area contributed by atoms with Crippen molar-refractivity contribution in [2.75, 3.05) is 26.2 Å². The molecule has 0 spiro atoms. The molecule has 1 aliphatic heterocycles. The fourth-order valence-electron chi connectivity index (χ4n) is 3.04. The van der Waals surface area contributed by atoms with Crippen LogP contribution in [-0.4, -0.2) is 54.2 Å². The highest BCUT2D eigenvalue weighted by Gasteiger charge is 2.32. The Hall–Kier alpha value is -3.36. The zero-order valence-electron chi connectivity index (χ0n) is 15.7. The van der Waals surface area contributed by atoms with E-state index < -0.39 is 29.7 Å². The second-order valence-corrected chi connectivity index (χ2v) is 6.52. The van der Waals surface area contributed by atoms with Gasteiger partial charge in [-0.15, -0.1) is 13.2 Å². The van der Waals surface area contributed by atoms with Gasteiger partial charge in [-0.05, 0) is 24.3 Å². The number of amides is 2. The lowest BCUT2D eigenvalue weighted by atomic mass is 10.1. The summed E-state index contributed by atoms with van der Waals surface area (Å²) in [6.07, 6.45) is -2.43. The minimum atomic E-state index is -4.84. The minimum absolute atomic E-state index is 0.0292. The molecule has 1 fully saturated rings. The van der Waals surface area contributed by atoms with Gasteiger partial charge in [0.2, 0.25) is 5.91 Å². The predicted octanol–water partition coefficient (Wildman–Crippen LogP) is 3.72. The molecule has 0 saturated carbocycles. The number of halogens is 4. The van der Waals surface area contributed by atoms with Crippen molar-refractivity contribution in [3.8, 4) is 5.75 Å². The molecule has 2 aromatic carbocycles. The van der Waals surface area contributed by atoms with E-state index in [1.807, 2.05) is 0 Å². The van der Waals surface area contributed by atoms with E-state index in [1.54, 1.807) is 6.07 Å². The number of alkyl halides is 3. The molecule has 9 heteroatoms. The molecule has 30 heavy (non-hydrogen) atoms. The Balaban J connectivity index is 1.60. The topological polar surface area (TPSA) is 49.9 Å². The summed E-state index contributed by atoms with van der Waals surface area (Å²) in [6, 6.07) is 11.2. The standard InChI is InChI=1S/C21H18F4N2O3/c22-17-7-3-2-6-16(17)20(29)27-13-11-26(12-14-27)19(28)10-9-15-5-1-4-8-18(15)30-21(23,24)25/h1-10H,11-14H2. The molecule has 0 bridgehead atoms. The third-order valence-electron chi connectivity index (χ3n) is 4.53. The highest BCUT2D eigenvalue weighted by Crippen LogP contribution is 2.27. The summed E-state index contributed by atoms with van der Waals surface area (Å²) in [5, 5.41) is 0. The molecule has 1 saturated heterocycles. The fourth-order valence-corrected chi connectivity index (χ4v) is 3.04. The van der Waals surface area contributed by atoms with Gasteiger partial charge in [-0.25, -0.2) is 4.39 Å². The Morgan fingerprint density at radius 2 is 1.50 bits per heavy atom. The lowest BCUT2D eigenvalue weighted by Crippen LogP contribution is -2.50. The van der Waals surface area contributed by atoms with Gasteiger partial charge in [-0.3, -0.25) is 9.59 Å². The Labute approximate surface area is 170 Å². The monoisotopic (exact) mass is 422 g/mol. The van der Waals surface area contributed by atoms with E-state index >= 15 is 0 Å². The summed E-state index contributed by atoms with van der Waals surface area (Å²) in [6.45, 7) is 0.898. The van der Waals surface area contributed by atoms with Crippen LogP contribution in [0.5, 0.6) is 5.75 Å². The summed E-state index contributed by atoms with van der Waals surface area (Å²) < 4.78 is 55.2. The van der Waals surface area contributed by atoms with Crippen LogP contribution in [-0.2, 0) is 4.79 Å². The zero-order chi connectivity index (χ0) is 21.7. The average molecular weight is 422 g/mol. The average Bonchev–Trinajstić information content (AvgIpc) is 2.72. The predicted molar refractivity (Wildman–Crippen MR) is 101 cm³/mol. The van der Waals surface area contributed by atoms with Crippen LogP contribution in [0.2, 0.25) is 0 Å². The molecule has 1 aliphatic rings. The van der Waals surface area contributed by atoms with Crippen LogP contribution < -0.4 is 4.74 Å². The van der Waals surface area contributed by atoms with Crippen LogP contribution >= 0.6 is 0 Å². The second-order valence-electron chi connectivity index (χ2n) is 6.52. The number of hydrogen-bond acceptors (Lipinski definition) is 3. The molecule has 0 N–H and O–H groups in total. The SMILES string of the molecule is O=C(C=Cc1ccccc1OC(F)(F)F)N1CCN(C(=O)c2ccccc2F)CC1. The molecule has 3 rings (SSSR count). The molecule has 0 aliphatic carbocycles. The Kier molecular flexibility index (Phi) is 6.39. The summed E-state index contributed by atoms with van der Waals surface area (Å²) in [7, 11) is 0. The maximum atomic E-state index is 13.8. The molecule has 0 radical (unpaired) electrons. The summed E-state index contributed by atoms with van der Waals surface area (Å²) in [5.74, 6) is -1.87. The highest BCUT2D eigenvalue weighted by atomic mass is 19.4. The van der Waals surface area contributed by atoms with Crippen LogP contribution in [0.1, 0.15) is 15.9 Å².